The fraction of sp³-hybridized carbons (Fsp3) is 0.167. The Morgan fingerprint density at radius 1 is 1.15 bits per heavy atom. The van der Waals surface area contributed by atoms with Gasteiger partial charge in [0.1, 0.15) is 0 Å². The first-order valence-electron chi connectivity index (χ1n) is 3.84. The summed E-state index contributed by atoms with van der Waals surface area (Å²) in [5.41, 5.74) is 2.79. The normalized spacial score (nSPS) is 8.92. The summed E-state index contributed by atoms with van der Waals surface area (Å²) in [7, 11) is 0. The lowest BCUT2D eigenvalue weighted by Crippen LogP contribution is -1.89. The number of benzene rings is 1. The van der Waals surface area contributed by atoms with Crippen LogP contribution >= 0.6 is 11.8 Å². The van der Waals surface area contributed by atoms with Crippen molar-refractivity contribution in [3.8, 4) is 24.7 Å². The average Bonchev–Trinajstić information content (AvgIpc) is 2.18. The van der Waals surface area contributed by atoms with Crippen molar-refractivity contribution < 1.29 is 0 Å². The van der Waals surface area contributed by atoms with Crippen LogP contribution in [0.4, 0.5) is 0 Å². The lowest BCUT2D eigenvalue weighted by Gasteiger charge is -2.04. The number of rotatable bonds is 1. The van der Waals surface area contributed by atoms with E-state index in [4.69, 9.17) is 12.8 Å². The zero-order valence-electron chi connectivity index (χ0n) is 7.72. The maximum absolute atomic E-state index is 5.37. The minimum absolute atomic E-state index is 0.889. The average molecular weight is 186 g/mol. The van der Waals surface area contributed by atoms with Crippen LogP contribution in [0.3, 0.4) is 0 Å². The van der Waals surface area contributed by atoms with Gasteiger partial charge in [-0.2, -0.15) is 0 Å². The molecule has 0 aliphatic rings. The van der Waals surface area contributed by atoms with Crippen molar-refractivity contribution >= 4 is 11.8 Å². The highest BCUT2D eigenvalue weighted by Crippen LogP contribution is 2.22. The predicted octanol–water partition coefficient (Wildman–Crippen LogP) is 2.68. The van der Waals surface area contributed by atoms with Crippen molar-refractivity contribution in [2.24, 2.45) is 0 Å². The second kappa shape index (κ2) is 4.08. The lowest BCUT2D eigenvalue weighted by molar-refractivity contribution is 1.33. The zero-order chi connectivity index (χ0) is 9.84. The lowest BCUT2D eigenvalue weighted by atomic mass is 10.0. The molecule has 1 heteroatoms. The Morgan fingerprint density at radius 2 is 1.62 bits per heavy atom. The fourth-order valence-corrected chi connectivity index (χ4v) is 1.58. The second-order valence-corrected chi connectivity index (χ2v) is 3.52. The van der Waals surface area contributed by atoms with Crippen LogP contribution in [0.15, 0.2) is 17.0 Å². The summed E-state index contributed by atoms with van der Waals surface area (Å²) < 4.78 is 0. The van der Waals surface area contributed by atoms with Gasteiger partial charge in [0.15, 0.2) is 0 Å². The molecule has 0 spiro atoms. The summed E-state index contributed by atoms with van der Waals surface area (Å²) in [5, 5.41) is 0. The van der Waals surface area contributed by atoms with Crippen LogP contribution in [0.5, 0.6) is 0 Å². The van der Waals surface area contributed by atoms with Gasteiger partial charge in [0.05, 0.1) is 0 Å². The summed E-state index contributed by atoms with van der Waals surface area (Å²) in [6.45, 7) is 1.95. The quantitative estimate of drug-likeness (QED) is 0.480. The van der Waals surface area contributed by atoms with Crippen molar-refractivity contribution in [2.45, 2.75) is 11.8 Å². The number of hydrogen-bond acceptors (Lipinski definition) is 1. The molecule has 0 aliphatic heterocycles. The molecule has 0 N–H and O–H groups in total. The highest BCUT2D eigenvalue weighted by molar-refractivity contribution is 7.98. The predicted molar refractivity (Wildman–Crippen MR) is 58.8 cm³/mol. The van der Waals surface area contributed by atoms with E-state index in [2.05, 4.69) is 11.8 Å². The molecule has 0 radical (unpaired) electrons. The molecule has 0 atom stereocenters. The third kappa shape index (κ3) is 1.89. The van der Waals surface area contributed by atoms with E-state index in [-0.39, 0.29) is 0 Å². The zero-order valence-corrected chi connectivity index (χ0v) is 8.53. The standard InChI is InChI=1S/C12H10S/c1-5-10-7-12(13-4)8-11(6-2)9(10)3/h1-2,7-8H,3-4H3. The monoisotopic (exact) mass is 186 g/mol. The Balaban J connectivity index is 3.42. The molecule has 1 aromatic rings. The molecule has 1 rings (SSSR count). The van der Waals surface area contributed by atoms with E-state index in [0.29, 0.717) is 0 Å². The highest BCUT2D eigenvalue weighted by Gasteiger charge is 2.02. The Labute approximate surface area is 83.7 Å². The molecule has 0 nitrogen and oxygen atoms in total. The van der Waals surface area contributed by atoms with Gasteiger partial charge in [-0.25, -0.2) is 0 Å². The van der Waals surface area contributed by atoms with Gasteiger partial charge in [0.2, 0.25) is 0 Å². The molecular formula is C12H10S. The molecule has 0 heterocycles. The Kier molecular flexibility index (Phi) is 3.07. The van der Waals surface area contributed by atoms with E-state index in [0.717, 1.165) is 21.6 Å². The molecule has 0 amide bonds. The van der Waals surface area contributed by atoms with Crippen LogP contribution in [0.25, 0.3) is 0 Å². The van der Waals surface area contributed by atoms with E-state index < -0.39 is 0 Å². The summed E-state index contributed by atoms with van der Waals surface area (Å²) in [6, 6.07) is 3.97. The van der Waals surface area contributed by atoms with Crippen molar-refractivity contribution in [3.05, 3.63) is 28.8 Å². The van der Waals surface area contributed by atoms with Gasteiger partial charge in [-0.1, -0.05) is 11.8 Å². The van der Waals surface area contributed by atoms with Crippen molar-refractivity contribution in [1.29, 1.82) is 0 Å². The third-order valence-electron chi connectivity index (χ3n) is 1.93. The van der Waals surface area contributed by atoms with Gasteiger partial charge in [-0.05, 0) is 30.9 Å². The number of terminal acetylenes is 2. The highest BCUT2D eigenvalue weighted by atomic mass is 32.2. The Morgan fingerprint density at radius 3 is 1.92 bits per heavy atom. The summed E-state index contributed by atoms with van der Waals surface area (Å²) in [6.07, 6.45) is 12.7. The molecular weight excluding hydrogens is 176 g/mol. The molecule has 0 aliphatic carbocycles. The van der Waals surface area contributed by atoms with Gasteiger partial charge in [0, 0.05) is 16.0 Å². The minimum atomic E-state index is 0.889. The van der Waals surface area contributed by atoms with Crippen molar-refractivity contribution in [3.63, 3.8) is 0 Å². The largest absolute Gasteiger partial charge is 0.130 e. The summed E-state index contributed by atoms with van der Waals surface area (Å²) in [5.74, 6) is 5.27. The maximum Gasteiger partial charge on any atom is 0.0295 e. The Hall–Kier alpha value is -1.31. The molecule has 0 aromatic heterocycles. The third-order valence-corrected chi connectivity index (χ3v) is 2.64. The number of hydrogen-bond donors (Lipinski definition) is 0. The van der Waals surface area contributed by atoms with Gasteiger partial charge in [-0.3, -0.25) is 0 Å². The van der Waals surface area contributed by atoms with Crippen molar-refractivity contribution in [2.75, 3.05) is 6.26 Å². The minimum Gasteiger partial charge on any atom is -0.130 e. The van der Waals surface area contributed by atoms with E-state index in [1.165, 1.54) is 0 Å². The van der Waals surface area contributed by atoms with Crippen LogP contribution in [0, 0.1) is 31.6 Å². The molecule has 1 aromatic carbocycles. The van der Waals surface area contributed by atoms with Crippen LogP contribution in [0.1, 0.15) is 16.7 Å². The summed E-state index contributed by atoms with van der Waals surface area (Å²) in [4.78, 5) is 1.12. The second-order valence-electron chi connectivity index (χ2n) is 2.64. The van der Waals surface area contributed by atoms with Gasteiger partial charge >= 0.3 is 0 Å². The van der Waals surface area contributed by atoms with Crippen LogP contribution in [-0.4, -0.2) is 6.26 Å². The van der Waals surface area contributed by atoms with Crippen LogP contribution < -0.4 is 0 Å². The number of thioether (sulfide) groups is 1. The van der Waals surface area contributed by atoms with Gasteiger partial charge < -0.3 is 0 Å². The molecule has 0 saturated carbocycles. The topological polar surface area (TPSA) is 0 Å². The first-order chi connectivity index (χ1) is 6.22. The van der Waals surface area contributed by atoms with E-state index >= 15 is 0 Å². The van der Waals surface area contributed by atoms with E-state index in [1.54, 1.807) is 11.8 Å². The van der Waals surface area contributed by atoms with Crippen molar-refractivity contribution in [1.82, 2.24) is 0 Å². The maximum atomic E-state index is 5.37. The van der Waals surface area contributed by atoms with Gasteiger partial charge in [-0.15, -0.1) is 24.6 Å². The van der Waals surface area contributed by atoms with E-state index in [1.807, 2.05) is 25.3 Å². The van der Waals surface area contributed by atoms with Crippen LogP contribution in [-0.2, 0) is 0 Å². The fourth-order valence-electron chi connectivity index (χ4n) is 1.11. The first-order valence-corrected chi connectivity index (χ1v) is 5.07. The summed E-state index contributed by atoms with van der Waals surface area (Å²) >= 11 is 1.65. The molecule has 0 fully saturated rings. The van der Waals surface area contributed by atoms with Crippen LogP contribution in [0.2, 0.25) is 0 Å². The first kappa shape index (κ1) is 9.78. The molecule has 0 bridgehead atoms. The Bertz CT molecular complexity index is 367. The van der Waals surface area contributed by atoms with Gasteiger partial charge in [0.25, 0.3) is 0 Å². The van der Waals surface area contributed by atoms with E-state index in [9.17, 15) is 0 Å². The molecule has 13 heavy (non-hydrogen) atoms. The molecule has 64 valence electrons. The smallest absolute Gasteiger partial charge is 0.0295 e. The molecule has 0 saturated heterocycles. The SMILES string of the molecule is C#Cc1cc(SC)cc(C#C)c1C. The molecule has 0 unspecified atom stereocenters.